The maximum Gasteiger partial charge on any atom is 0.337 e. The summed E-state index contributed by atoms with van der Waals surface area (Å²) in [7, 11) is 0. The van der Waals surface area contributed by atoms with Gasteiger partial charge in [-0.1, -0.05) is 51.1 Å². The zero-order valence-electron chi connectivity index (χ0n) is 14.2. The fourth-order valence-corrected chi connectivity index (χ4v) is 3.25. The molecule has 0 spiro atoms. The standard InChI is InChI=1S/C19H25NO2S/c1-13(2)18-17(19(21)22)11-16(10-14(3)23-4)20(18)12-15-8-6-5-7-9-15/h5-9,11,13-14H,10,12H2,1-4H3,(H,21,22). The van der Waals surface area contributed by atoms with Gasteiger partial charge in [0.25, 0.3) is 0 Å². The van der Waals surface area contributed by atoms with E-state index in [1.54, 1.807) is 11.8 Å². The molecule has 1 aromatic heterocycles. The summed E-state index contributed by atoms with van der Waals surface area (Å²) in [5.74, 6) is -0.665. The summed E-state index contributed by atoms with van der Waals surface area (Å²) in [5, 5.41) is 10.1. The Morgan fingerprint density at radius 1 is 1.22 bits per heavy atom. The topological polar surface area (TPSA) is 42.2 Å². The van der Waals surface area contributed by atoms with E-state index < -0.39 is 5.97 Å². The molecule has 0 aliphatic heterocycles. The number of nitrogens with zero attached hydrogens (tertiary/aromatic N) is 1. The molecule has 0 aliphatic carbocycles. The van der Waals surface area contributed by atoms with Crippen LogP contribution in [0, 0.1) is 0 Å². The quantitative estimate of drug-likeness (QED) is 0.803. The van der Waals surface area contributed by atoms with Crippen LogP contribution < -0.4 is 0 Å². The lowest BCUT2D eigenvalue weighted by Gasteiger charge is -2.18. The second-order valence-corrected chi connectivity index (χ2v) is 7.49. The predicted molar refractivity (Wildman–Crippen MR) is 97.7 cm³/mol. The van der Waals surface area contributed by atoms with E-state index in [4.69, 9.17) is 0 Å². The molecule has 0 saturated heterocycles. The largest absolute Gasteiger partial charge is 0.478 e. The molecule has 2 rings (SSSR count). The SMILES string of the molecule is CSC(C)Cc1cc(C(=O)O)c(C(C)C)n1Cc1ccccc1. The number of aromatic carboxylic acids is 1. The van der Waals surface area contributed by atoms with Crippen LogP contribution in [-0.4, -0.2) is 27.1 Å². The van der Waals surface area contributed by atoms with E-state index in [1.165, 1.54) is 5.56 Å². The van der Waals surface area contributed by atoms with Crippen molar-refractivity contribution in [2.24, 2.45) is 0 Å². The molecule has 1 N–H and O–H groups in total. The van der Waals surface area contributed by atoms with E-state index >= 15 is 0 Å². The average Bonchev–Trinajstić information content (AvgIpc) is 2.87. The Balaban J connectivity index is 2.51. The molecule has 0 amide bonds. The van der Waals surface area contributed by atoms with Gasteiger partial charge in [-0.15, -0.1) is 0 Å². The van der Waals surface area contributed by atoms with Crippen LogP contribution in [0.4, 0.5) is 0 Å². The van der Waals surface area contributed by atoms with Crippen LogP contribution in [0.25, 0.3) is 0 Å². The molecule has 124 valence electrons. The van der Waals surface area contributed by atoms with Gasteiger partial charge in [-0.25, -0.2) is 4.79 Å². The summed E-state index contributed by atoms with van der Waals surface area (Å²) < 4.78 is 2.20. The number of hydrogen-bond acceptors (Lipinski definition) is 2. The molecule has 1 unspecified atom stereocenters. The van der Waals surface area contributed by atoms with E-state index in [2.05, 4.69) is 43.7 Å². The Labute approximate surface area is 142 Å². The Morgan fingerprint density at radius 2 is 1.87 bits per heavy atom. The van der Waals surface area contributed by atoms with Crippen molar-refractivity contribution >= 4 is 17.7 Å². The first kappa shape index (κ1) is 17.7. The molecule has 23 heavy (non-hydrogen) atoms. The molecular formula is C19H25NO2S. The fraction of sp³-hybridized carbons (Fsp3) is 0.421. The molecular weight excluding hydrogens is 306 g/mol. The van der Waals surface area contributed by atoms with Gasteiger partial charge < -0.3 is 9.67 Å². The van der Waals surface area contributed by atoms with E-state index in [0.717, 1.165) is 24.4 Å². The van der Waals surface area contributed by atoms with Gasteiger partial charge in [-0.3, -0.25) is 0 Å². The minimum atomic E-state index is -0.835. The van der Waals surface area contributed by atoms with Crippen LogP contribution in [0.3, 0.4) is 0 Å². The highest BCUT2D eigenvalue weighted by Crippen LogP contribution is 2.27. The van der Waals surface area contributed by atoms with Gasteiger partial charge >= 0.3 is 5.97 Å². The van der Waals surface area contributed by atoms with Crippen LogP contribution in [-0.2, 0) is 13.0 Å². The van der Waals surface area contributed by atoms with Crippen molar-refractivity contribution in [3.05, 3.63) is 58.9 Å². The molecule has 1 heterocycles. The third-order valence-corrected chi connectivity index (χ3v) is 5.06. The van der Waals surface area contributed by atoms with Crippen molar-refractivity contribution in [3.63, 3.8) is 0 Å². The summed E-state index contributed by atoms with van der Waals surface area (Å²) in [6, 6.07) is 12.1. The molecule has 0 radical (unpaired) electrons. The zero-order chi connectivity index (χ0) is 17.0. The van der Waals surface area contributed by atoms with E-state index in [9.17, 15) is 9.90 Å². The van der Waals surface area contributed by atoms with Crippen molar-refractivity contribution in [1.29, 1.82) is 0 Å². The Hall–Kier alpha value is -1.68. The fourth-order valence-electron chi connectivity index (χ4n) is 2.91. The maximum absolute atomic E-state index is 11.7. The first-order chi connectivity index (χ1) is 10.9. The summed E-state index contributed by atoms with van der Waals surface area (Å²) in [5.41, 5.74) is 3.67. The molecule has 1 atom stereocenters. The summed E-state index contributed by atoms with van der Waals surface area (Å²) >= 11 is 1.81. The minimum absolute atomic E-state index is 0.170. The monoisotopic (exact) mass is 331 g/mol. The molecule has 0 fully saturated rings. The summed E-state index contributed by atoms with van der Waals surface area (Å²) in [4.78, 5) is 11.7. The van der Waals surface area contributed by atoms with Crippen molar-refractivity contribution in [1.82, 2.24) is 4.57 Å². The van der Waals surface area contributed by atoms with E-state index in [-0.39, 0.29) is 5.92 Å². The smallest absolute Gasteiger partial charge is 0.337 e. The zero-order valence-corrected chi connectivity index (χ0v) is 15.1. The highest BCUT2D eigenvalue weighted by Gasteiger charge is 2.22. The van der Waals surface area contributed by atoms with Gasteiger partial charge in [-0.05, 0) is 30.2 Å². The second-order valence-electron chi connectivity index (χ2n) is 6.22. The molecule has 4 heteroatoms. The van der Waals surface area contributed by atoms with Crippen LogP contribution in [0.1, 0.15) is 54.0 Å². The Kier molecular flexibility index (Phi) is 5.94. The van der Waals surface area contributed by atoms with Crippen molar-refractivity contribution in [2.75, 3.05) is 6.26 Å². The van der Waals surface area contributed by atoms with Crippen LogP contribution in [0.2, 0.25) is 0 Å². The van der Waals surface area contributed by atoms with E-state index in [1.807, 2.05) is 24.3 Å². The lowest BCUT2D eigenvalue weighted by Crippen LogP contribution is -2.13. The third-order valence-electron chi connectivity index (χ3n) is 4.08. The molecule has 0 saturated carbocycles. The number of thioether (sulfide) groups is 1. The van der Waals surface area contributed by atoms with Crippen LogP contribution in [0.5, 0.6) is 0 Å². The lowest BCUT2D eigenvalue weighted by atomic mass is 10.1. The second kappa shape index (κ2) is 7.73. The Morgan fingerprint density at radius 3 is 2.39 bits per heavy atom. The number of aromatic nitrogens is 1. The first-order valence-corrected chi connectivity index (χ1v) is 9.25. The summed E-state index contributed by atoms with van der Waals surface area (Å²) in [6.45, 7) is 7.02. The van der Waals surface area contributed by atoms with Crippen LogP contribution >= 0.6 is 11.8 Å². The van der Waals surface area contributed by atoms with Crippen molar-refractivity contribution < 1.29 is 9.90 Å². The highest BCUT2D eigenvalue weighted by atomic mass is 32.2. The number of carboxylic acid groups (broad SMARTS) is 1. The van der Waals surface area contributed by atoms with Gasteiger partial charge in [-0.2, -0.15) is 11.8 Å². The summed E-state index contributed by atoms with van der Waals surface area (Å²) in [6.07, 6.45) is 2.97. The van der Waals surface area contributed by atoms with Gasteiger partial charge in [0.15, 0.2) is 0 Å². The lowest BCUT2D eigenvalue weighted by molar-refractivity contribution is 0.0695. The van der Waals surface area contributed by atoms with Crippen molar-refractivity contribution in [3.8, 4) is 0 Å². The average molecular weight is 331 g/mol. The molecule has 2 aromatic rings. The van der Waals surface area contributed by atoms with E-state index in [0.29, 0.717) is 10.8 Å². The predicted octanol–water partition coefficient (Wildman–Crippen LogP) is 4.65. The molecule has 0 bridgehead atoms. The van der Waals surface area contributed by atoms with Gasteiger partial charge in [0, 0.05) is 23.2 Å². The minimum Gasteiger partial charge on any atom is -0.478 e. The molecule has 0 aliphatic rings. The van der Waals surface area contributed by atoms with Crippen molar-refractivity contribution in [2.45, 2.75) is 44.9 Å². The normalized spacial score (nSPS) is 12.6. The van der Waals surface area contributed by atoms with Gasteiger partial charge in [0.05, 0.1) is 5.56 Å². The maximum atomic E-state index is 11.7. The third kappa shape index (κ3) is 4.20. The van der Waals surface area contributed by atoms with Gasteiger partial charge in [0.2, 0.25) is 0 Å². The number of carboxylic acids is 1. The number of carbonyl (C=O) groups is 1. The molecule has 3 nitrogen and oxygen atoms in total. The van der Waals surface area contributed by atoms with Crippen LogP contribution in [0.15, 0.2) is 36.4 Å². The van der Waals surface area contributed by atoms with Gasteiger partial charge in [0.1, 0.15) is 0 Å². The first-order valence-electron chi connectivity index (χ1n) is 7.96. The molecule has 1 aromatic carbocycles. The number of hydrogen-bond donors (Lipinski definition) is 1. The highest BCUT2D eigenvalue weighted by molar-refractivity contribution is 7.99. The number of benzene rings is 1. The number of rotatable bonds is 7. The Bertz CT molecular complexity index is 662.